The summed E-state index contributed by atoms with van der Waals surface area (Å²) in [4.78, 5) is 23.4. The van der Waals surface area contributed by atoms with Crippen molar-refractivity contribution in [2.45, 2.75) is 6.10 Å². The molecule has 0 bridgehead atoms. The van der Waals surface area contributed by atoms with Crippen molar-refractivity contribution in [3.05, 3.63) is 75.8 Å². The van der Waals surface area contributed by atoms with Crippen LogP contribution in [0.25, 0.3) is 6.08 Å². The van der Waals surface area contributed by atoms with Gasteiger partial charge in [-0.3, -0.25) is 4.79 Å². The lowest BCUT2D eigenvalue weighted by Crippen LogP contribution is -2.25. The van der Waals surface area contributed by atoms with Crippen LogP contribution < -0.4 is 5.73 Å². The van der Waals surface area contributed by atoms with Gasteiger partial charge in [-0.1, -0.05) is 59.6 Å². The lowest BCUT2D eigenvalue weighted by Gasteiger charge is -2.13. The van der Waals surface area contributed by atoms with Crippen LogP contribution in [-0.2, 0) is 14.3 Å². The van der Waals surface area contributed by atoms with E-state index in [9.17, 15) is 9.59 Å². The molecule has 0 radical (unpaired) electrons. The van der Waals surface area contributed by atoms with Gasteiger partial charge in [0.25, 0.3) is 5.91 Å². The summed E-state index contributed by atoms with van der Waals surface area (Å²) in [6, 6.07) is 13.4. The third-order valence-corrected chi connectivity index (χ3v) is 3.52. The van der Waals surface area contributed by atoms with Gasteiger partial charge in [0.2, 0.25) is 6.10 Å². The molecule has 0 aromatic heterocycles. The topological polar surface area (TPSA) is 69.4 Å². The number of carbonyl (C=O) groups is 2. The SMILES string of the molecule is NC(=O)C(OC(=O)/C=C/c1ccc(Cl)cc1Cl)c1ccccc1. The summed E-state index contributed by atoms with van der Waals surface area (Å²) >= 11 is 11.8. The number of rotatable bonds is 5. The number of ether oxygens (including phenoxy) is 1. The summed E-state index contributed by atoms with van der Waals surface area (Å²) in [6.07, 6.45) is 1.51. The molecule has 0 saturated heterocycles. The maximum Gasteiger partial charge on any atom is 0.331 e. The molecule has 1 atom stereocenters. The van der Waals surface area contributed by atoms with Crippen molar-refractivity contribution < 1.29 is 14.3 Å². The van der Waals surface area contributed by atoms with Gasteiger partial charge in [-0.05, 0) is 23.8 Å². The Labute approximate surface area is 143 Å². The van der Waals surface area contributed by atoms with Crippen LogP contribution in [0.2, 0.25) is 10.0 Å². The van der Waals surface area contributed by atoms with Gasteiger partial charge in [0.15, 0.2) is 0 Å². The highest BCUT2D eigenvalue weighted by Crippen LogP contribution is 2.22. The van der Waals surface area contributed by atoms with Crippen molar-refractivity contribution in [3.63, 3.8) is 0 Å². The van der Waals surface area contributed by atoms with E-state index < -0.39 is 18.0 Å². The summed E-state index contributed by atoms with van der Waals surface area (Å²) in [6.45, 7) is 0. The van der Waals surface area contributed by atoms with E-state index in [1.807, 2.05) is 0 Å². The first-order valence-electron chi connectivity index (χ1n) is 6.65. The molecule has 6 heteroatoms. The van der Waals surface area contributed by atoms with E-state index in [0.717, 1.165) is 0 Å². The van der Waals surface area contributed by atoms with Gasteiger partial charge in [0.1, 0.15) is 0 Å². The Morgan fingerprint density at radius 3 is 2.39 bits per heavy atom. The highest BCUT2D eigenvalue weighted by molar-refractivity contribution is 6.35. The molecule has 0 aliphatic rings. The van der Waals surface area contributed by atoms with Crippen molar-refractivity contribution in [1.82, 2.24) is 0 Å². The average molecular weight is 350 g/mol. The first-order valence-corrected chi connectivity index (χ1v) is 7.41. The molecule has 2 aromatic rings. The van der Waals surface area contributed by atoms with Gasteiger partial charge in [0, 0.05) is 21.7 Å². The predicted molar refractivity (Wildman–Crippen MR) is 90.0 cm³/mol. The third-order valence-electron chi connectivity index (χ3n) is 2.96. The van der Waals surface area contributed by atoms with Crippen LogP contribution in [0.1, 0.15) is 17.2 Å². The van der Waals surface area contributed by atoms with E-state index in [4.69, 9.17) is 33.7 Å². The maximum atomic E-state index is 11.9. The van der Waals surface area contributed by atoms with Crippen LogP contribution in [0.3, 0.4) is 0 Å². The fraction of sp³-hybridized carbons (Fsp3) is 0.0588. The Morgan fingerprint density at radius 1 is 1.09 bits per heavy atom. The van der Waals surface area contributed by atoms with Crippen molar-refractivity contribution in [2.24, 2.45) is 5.73 Å². The molecular weight excluding hydrogens is 337 g/mol. The van der Waals surface area contributed by atoms with Crippen LogP contribution in [0.5, 0.6) is 0 Å². The van der Waals surface area contributed by atoms with E-state index in [0.29, 0.717) is 21.2 Å². The largest absolute Gasteiger partial charge is 0.444 e. The normalized spacial score (nSPS) is 12.1. The Balaban J connectivity index is 2.10. The maximum absolute atomic E-state index is 11.9. The number of hydrogen-bond donors (Lipinski definition) is 1. The predicted octanol–water partition coefficient (Wildman–Crippen LogP) is 3.78. The molecule has 2 N–H and O–H groups in total. The minimum atomic E-state index is -1.14. The molecule has 0 saturated carbocycles. The van der Waals surface area contributed by atoms with Crippen LogP contribution in [0.4, 0.5) is 0 Å². The number of nitrogens with two attached hydrogens (primary N) is 1. The molecule has 118 valence electrons. The van der Waals surface area contributed by atoms with E-state index in [1.165, 1.54) is 12.2 Å². The van der Waals surface area contributed by atoms with E-state index in [-0.39, 0.29) is 0 Å². The fourth-order valence-corrected chi connectivity index (χ4v) is 2.34. The molecule has 0 heterocycles. The first-order chi connectivity index (χ1) is 11.0. The Kier molecular flexibility index (Phi) is 5.79. The van der Waals surface area contributed by atoms with Gasteiger partial charge in [0.05, 0.1) is 0 Å². The zero-order chi connectivity index (χ0) is 16.8. The second-order valence-electron chi connectivity index (χ2n) is 4.63. The number of halogens is 2. The Morgan fingerprint density at radius 2 is 1.78 bits per heavy atom. The second kappa shape index (κ2) is 7.81. The van der Waals surface area contributed by atoms with E-state index >= 15 is 0 Å². The molecule has 1 unspecified atom stereocenters. The van der Waals surface area contributed by atoms with Crippen molar-refractivity contribution in [2.75, 3.05) is 0 Å². The highest BCUT2D eigenvalue weighted by atomic mass is 35.5. The molecule has 0 aliphatic heterocycles. The number of esters is 1. The summed E-state index contributed by atoms with van der Waals surface area (Å²) in [5, 5.41) is 0.892. The second-order valence-corrected chi connectivity index (χ2v) is 5.47. The van der Waals surface area contributed by atoms with Gasteiger partial charge in [-0.25, -0.2) is 4.79 Å². The van der Waals surface area contributed by atoms with Crippen LogP contribution in [-0.4, -0.2) is 11.9 Å². The minimum absolute atomic E-state index is 0.399. The molecular formula is C17H13Cl2NO3. The Hall–Kier alpha value is -2.30. The van der Waals surface area contributed by atoms with Crippen LogP contribution in [0, 0.1) is 0 Å². The van der Waals surface area contributed by atoms with Crippen molar-refractivity contribution in [1.29, 1.82) is 0 Å². The molecule has 0 spiro atoms. The van der Waals surface area contributed by atoms with Crippen LogP contribution in [0.15, 0.2) is 54.6 Å². The van der Waals surface area contributed by atoms with Crippen molar-refractivity contribution >= 4 is 41.2 Å². The van der Waals surface area contributed by atoms with E-state index in [1.54, 1.807) is 48.5 Å². The number of benzene rings is 2. The zero-order valence-corrected chi connectivity index (χ0v) is 13.4. The first kappa shape index (κ1) is 17.1. The number of carbonyl (C=O) groups excluding carboxylic acids is 2. The summed E-state index contributed by atoms with van der Waals surface area (Å²) < 4.78 is 5.11. The number of amides is 1. The van der Waals surface area contributed by atoms with Crippen molar-refractivity contribution in [3.8, 4) is 0 Å². The molecule has 2 aromatic carbocycles. The minimum Gasteiger partial charge on any atom is -0.444 e. The third kappa shape index (κ3) is 4.84. The summed E-state index contributed by atoms with van der Waals surface area (Å²) in [5.41, 5.74) is 6.40. The molecule has 4 nitrogen and oxygen atoms in total. The lowest BCUT2D eigenvalue weighted by molar-refractivity contribution is -0.150. The molecule has 2 rings (SSSR count). The van der Waals surface area contributed by atoms with Gasteiger partial charge < -0.3 is 10.5 Å². The fourth-order valence-electron chi connectivity index (χ4n) is 1.87. The monoisotopic (exact) mass is 349 g/mol. The van der Waals surface area contributed by atoms with Gasteiger partial charge >= 0.3 is 5.97 Å². The molecule has 0 fully saturated rings. The molecule has 1 amide bonds. The zero-order valence-electron chi connectivity index (χ0n) is 11.9. The molecule has 23 heavy (non-hydrogen) atoms. The van der Waals surface area contributed by atoms with Gasteiger partial charge in [-0.2, -0.15) is 0 Å². The molecule has 0 aliphatic carbocycles. The summed E-state index contributed by atoms with van der Waals surface area (Å²) in [7, 11) is 0. The number of primary amides is 1. The quantitative estimate of drug-likeness (QED) is 0.659. The Bertz CT molecular complexity index is 745. The smallest absolute Gasteiger partial charge is 0.331 e. The highest BCUT2D eigenvalue weighted by Gasteiger charge is 2.21. The van der Waals surface area contributed by atoms with Crippen LogP contribution >= 0.6 is 23.2 Å². The lowest BCUT2D eigenvalue weighted by atomic mass is 10.1. The summed E-state index contributed by atoms with van der Waals surface area (Å²) in [5.74, 6) is -1.45. The average Bonchev–Trinajstić information content (AvgIpc) is 2.52. The van der Waals surface area contributed by atoms with E-state index in [2.05, 4.69) is 0 Å². The standard InChI is InChI=1S/C17H13Cl2NO3/c18-13-8-6-11(14(19)10-13)7-9-15(21)23-16(17(20)22)12-4-2-1-3-5-12/h1-10,16H,(H2,20,22)/b9-7+. The number of hydrogen-bond acceptors (Lipinski definition) is 3. The van der Waals surface area contributed by atoms with Gasteiger partial charge in [-0.15, -0.1) is 0 Å².